The minimum atomic E-state index is -0.838. The number of ether oxygens (including phenoxy) is 1. The van der Waals surface area contributed by atoms with Gasteiger partial charge in [-0.2, -0.15) is 0 Å². The average molecular weight is 327 g/mol. The van der Waals surface area contributed by atoms with Crippen molar-refractivity contribution in [3.8, 4) is 0 Å². The quantitative estimate of drug-likeness (QED) is 0.685. The van der Waals surface area contributed by atoms with Gasteiger partial charge >= 0.3 is 5.97 Å². The van der Waals surface area contributed by atoms with E-state index in [-0.39, 0.29) is 18.6 Å². The van der Waals surface area contributed by atoms with Crippen molar-refractivity contribution in [2.45, 2.75) is 38.8 Å². The zero-order valence-electron chi connectivity index (χ0n) is 14.2. The molecule has 0 aromatic carbocycles. The molecule has 1 amide bonds. The summed E-state index contributed by atoms with van der Waals surface area (Å²) in [5.41, 5.74) is 0. The van der Waals surface area contributed by atoms with E-state index in [1.54, 1.807) is 4.90 Å². The van der Waals surface area contributed by atoms with Crippen LogP contribution in [0.25, 0.3) is 0 Å². The van der Waals surface area contributed by atoms with Gasteiger partial charge in [-0.15, -0.1) is 0 Å². The molecule has 23 heavy (non-hydrogen) atoms. The molecule has 1 unspecified atom stereocenters. The molecule has 132 valence electrons. The van der Waals surface area contributed by atoms with Gasteiger partial charge in [0.05, 0.1) is 19.3 Å². The second kappa shape index (κ2) is 8.61. The number of amides is 1. The number of nitrogens with one attached hydrogen (secondary N) is 1. The summed E-state index contributed by atoms with van der Waals surface area (Å²) in [7, 11) is 0. The van der Waals surface area contributed by atoms with Crippen LogP contribution in [0.15, 0.2) is 0 Å². The topological polar surface area (TPSA) is 82.1 Å². The number of hydrogen-bond acceptors (Lipinski definition) is 5. The maximum absolute atomic E-state index is 12.1. The third-order valence-electron chi connectivity index (χ3n) is 4.37. The van der Waals surface area contributed by atoms with Gasteiger partial charge in [0.2, 0.25) is 5.91 Å². The molecule has 2 fully saturated rings. The number of nitrogens with zero attached hydrogens (tertiary/aromatic N) is 2. The molecule has 0 aromatic heterocycles. The van der Waals surface area contributed by atoms with E-state index in [4.69, 9.17) is 9.84 Å². The Morgan fingerprint density at radius 1 is 1.35 bits per heavy atom. The number of hydrogen-bond donors (Lipinski definition) is 2. The molecule has 7 heteroatoms. The monoisotopic (exact) mass is 327 g/mol. The summed E-state index contributed by atoms with van der Waals surface area (Å²) in [4.78, 5) is 27.3. The van der Waals surface area contributed by atoms with Crippen LogP contribution in [0.3, 0.4) is 0 Å². The summed E-state index contributed by atoms with van der Waals surface area (Å²) in [5, 5.41) is 12.0. The van der Waals surface area contributed by atoms with Crippen molar-refractivity contribution >= 4 is 11.9 Å². The van der Waals surface area contributed by atoms with Gasteiger partial charge in [-0.3, -0.25) is 19.4 Å². The molecule has 0 aromatic rings. The molecule has 2 aliphatic heterocycles. The Kier molecular flexibility index (Phi) is 6.80. The van der Waals surface area contributed by atoms with Crippen LogP contribution in [-0.4, -0.2) is 84.8 Å². The highest BCUT2D eigenvalue weighted by molar-refractivity contribution is 5.80. The lowest BCUT2D eigenvalue weighted by Gasteiger charge is -2.34. The summed E-state index contributed by atoms with van der Waals surface area (Å²) in [6.45, 7) is 9.21. The third kappa shape index (κ3) is 5.75. The van der Waals surface area contributed by atoms with Crippen LogP contribution >= 0.6 is 0 Å². The zero-order valence-corrected chi connectivity index (χ0v) is 14.2. The largest absolute Gasteiger partial charge is 0.480 e. The summed E-state index contributed by atoms with van der Waals surface area (Å²) in [6.07, 6.45) is 1.47. The smallest absolute Gasteiger partial charge is 0.320 e. The van der Waals surface area contributed by atoms with Crippen molar-refractivity contribution in [1.29, 1.82) is 0 Å². The number of rotatable bonds is 7. The molecular weight excluding hydrogens is 298 g/mol. The maximum Gasteiger partial charge on any atom is 0.320 e. The molecule has 2 N–H and O–H groups in total. The predicted octanol–water partition coefficient (Wildman–Crippen LogP) is 0.00840. The van der Waals surface area contributed by atoms with Crippen LogP contribution in [0.5, 0.6) is 0 Å². The van der Waals surface area contributed by atoms with Gasteiger partial charge in [0.15, 0.2) is 0 Å². The van der Waals surface area contributed by atoms with Crippen molar-refractivity contribution in [3.63, 3.8) is 0 Å². The number of aliphatic carboxylic acids is 1. The van der Waals surface area contributed by atoms with E-state index in [0.717, 1.165) is 26.1 Å². The van der Waals surface area contributed by atoms with Crippen molar-refractivity contribution < 1.29 is 19.4 Å². The third-order valence-corrected chi connectivity index (χ3v) is 4.37. The molecule has 2 saturated heterocycles. The van der Waals surface area contributed by atoms with Crippen LogP contribution in [-0.2, 0) is 14.3 Å². The fraction of sp³-hybridized carbons (Fsp3) is 0.875. The number of carboxylic acid groups (broad SMARTS) is 1. The number of carboxylic acids is 1. The number of carbonyl (C=O) groups is 2. The Balaban J connectivity index is 1.70. The summed E-state index contributed by atoms with van der Waals surface area (Å²) in [5.74, 6) is -0.343. The van der Waals surface area contributed by atoms with Crippen molar-refractivity contribution in [2.75, 3.05) is 45.9 Å². The number of likely N-dealkylation sites (tertiary alicyclic amines) is 1. The highest BCUT2D eigenvalue weighted by Crippen LogP contribution is 2.16. The standard InChI is InChI=1S/C16H29N3O4/c1-12(2)9-18-6-7-23-13(10-18)8-17-15(20)11-19-5-3-4-14(19)16(21)22/h12-14H,3-11H2,1-2H3,(H,17,20)(H,21,22)/t13?,14-/m1/s1. The van der Waals surface area contributed by atoms with E-state index < -0.39 is 12.0 Å². The van der Waals surface area contributed by atoms with Gasteiger partial charge in [0.25, 0.3) is 0 Å². The number of morpholine rings is 1. The first kappa shape index (κ1) is 18.2. The Hall–Kier alpha value is -1.18. The molecule has 2 heterocycles. The van der Waals surface area contributed by atoms with E-state index >= 15 is 0 Å². The fourth-order valence-electron chi connectivity index (χ4n) is 3.35. The highest BCUT2D eigenvalue weighted by atomic mass is 16.5. The Bertz CT molecular complexity index is 416. The van der Waals surface area contributed by atoms with E-state index in [9.17, 15) is 9.59 Å². The Morgan fingerprint density at radius 2 is 2.13 bits per heavy atom. The molecule has 2 atom stereocenters. The molecule has 0 radical (unpaired) electrons. The minimum Gasteiger partial charge on any atom is -0.480 e. The normalized spacial score (nSPS) is 26.6. The first-order valence-electron chi connectivity index (χ1n) is 8.53. The van der Waals surface area contributed by atoms with E-state index in [0.29, 0.717) is 32.0 Å². The molecular formula is C16H29N3O4. The lowest BCUT2D eigenvalue weighted by Crippen LogP contribution is -2.50. The summed E-state index contributed by atoms with van der Waals surface area (Å²) >= 11 is 0. The second-order valence-corrected chi connectivity index (χ2v) is 6.92. The van der Waals surface area contributed by atoms with Gasteiger partial charge < -0.3 is 15.2 Å². The lowest BCUT2D eigenvalue weighted by molar-refractivity contribution is -0.142. The van der Waals surface area contributed by atoms with Gasteiger partial charge in [-0.25, -0.2) is 0 Å². The molecule has 0 saturated carbocycles. The number of carbonyl (C=O) groups excluding carboxylic acids is 1. The molecule has 7 nitrogen and oxygen atoms in total. The first-order chi connectivity index (χ1) is 11.0. The van der Waals surface area contributed by atoms with Crippen LogP contribution in [0, 0.1) is 5.92 Å². The first-order valence-corrected chi connectivity index (χ1v) is 8.53. The minimum absolute atomic E-state index is 0.0142. The van der Waals surface area contributed by atoms with Crippen LogP contribution in [0.1, 0.15) is 26.7 Å². The molecule has 2 rings (SSSR count). The van der Waals surface area contributed by atoms with E-state index in [2.05, 4.69) is 24.1 Å². The lowest BCUT2D eigenvalue weighted by atomic mass is 10.2. The molecule has 2 aliphatic rings. The molecule has 0 spiro atoms. The van der Waals surface area contributed by atoms with E-state index in [1.807, 2.05) is 0 Å². The highest BCUT2D eigenvalue weighted by Gasteiger charge is 2.31. The maximum atomic E-state index is 12.1. The van der Waals surface area contributed by atoms with Crippen LogP contribution < -0.4 is 5.32 Å². The zero-order chi connectivity index (χ0) is 16.8. The van der Waals surface area contributed by atoms with Crippen molar-refractivity contribution in [3.05, 3.63) is 0 Å². The van der Waals surface area contributed by atoms with Gasteiger partial charge in [-0.05, 0) is 25.3 Å². The fourth-order valence-corrected chi connectivity index (χ4v) is 3.35. The predicted molar refractivity (Wildman–Crippen MR) is 86.3 cm³/mol. The van der Waals surface area contributed by atoms with Gasteiger partial charge in [0.1, 0.15) is 6.04 Å². The molecule has 0 bridgehead atoms. The van der Waals surface area contributed by atoms with Gasteiger partial charge in [-0.1, -0.05) is 13.8 Å². The van der Waals surface area contributed by atoms with Crippen molar-refractivity contribution in [1.82, 2.24) is 15.1 Å². The van der Waals surface area contributed by atoms with Crippen LogP contribution in [0.4, 0.5) is 0 Å². The summed E-state index contributed by atoms with van der Waals surface area (Å²) in [6, 6.07) is -0.520. The Labute approximate surface area is 138 Å². The van der Waals surface area contributed by atoms with Crippen LogP contribution in [0.2, 0.25) is 0 Å². The van der Waals surface area contributed by atoms with Gasteiger partial charge in [0, 0.05) is 26.2 Å². The molecule has 0 aliphatic carbocycles. The SMILES string of the molecule is CC(C)CN1CCOC(CNC(=O)CN2CCC[C@@H]2C(=O)O)C1. The second-order valence-electron chi connectivity index (χ2n) is 6.92. The summed E-state index contributed by atoms with van der Waals surface area (Å²) < 4.78 is 5.71. The average Bonchev–Trinajstić information content (AvgIpc) is 2.93. The van der Waals surface area contributed by atoms with Crippen molar-refractivity contribution in [2.24, 2.45) is 5.92 Å². The Morgan fingerprint density at radius 3 is 2.83 bits per heavy atom. The van der Waals surface area contributed by atoms with E-state index in [1.165, 1.54) is 0 Å².